The minimum Gasteiger partial charge on any atom is -0.482 e. The number of benzene rings is 2. The summed E-state index contributed by atoms with van der Waals surface area (Å²) in [7, 11) is 1.60. The van der Waals surface area contributed by atoms with Crippen LogP contribution in [0.25, 0.3) is 10.9 Å². The van der Waals surface area contributed by atoms with E-state index in [4.69, 9.17) is 33.3 Å². The maximum absolute atomic E-state index is 12.8. The molecular weight excluding hydrogens is 456 g/mol. The number of rotatable bonds is 6. The number of carbonyl (C=O) groups is 2. The number of carbonyl (C=O) groups excluding carboxylic acids is 2. The van der Waals surface area contributed by atoms with Crippen LogP contribution in [0.5, 0.6) is 5.75 Å². The third-order valence-electron chi connectivity index (χ3n) is 4.92. The highest BCUT2D eigenvalue weighted by molar-refractivity contribution is 7.71. The summed E-state index contributed by atoms with van der Waals surface area (Å²) in [5.41, 5.74) is 1.29. The number of halogens is 1. The van der Waals surface area contributed by atoms with E-state index in [1.807, 2.05) is 0 Å². The van der Waals surface area contributed by atoms with Gasteiger partial charge in [0.1, 0.15) is 5.75 Å². The van der Waals surface area contributed by atoms with Crippen LogP contribution in [-0.2, 0) is 16.1 Å². The summed E-state index contributed by atoms with van der Waals surface area (Å²) < 4.78 is 12.1. The van der Waals surface area contributed by atoms with Crippen LogP contribution in [0.1, 0.15) is 16.8 Å². The van der Waals surface area contributed by atoms with Gasteiger partial charge in [-0.15, -0.1) is 0 Å². The van der Waals surface area contributed by atoms with Crippen molar-refractivity contribution in [1.29, 1.82) is 0 Å². The molecule has 32 heavy (non-hydrogen) atoms. The van der Waals surface area contributed by atoms with Crippen LogP contribution >= 0.6 is 23.8 Å². The SMILES string of the molecule is COCCCn1c(=S)[nH]c2cc(C(=O)Nc3cc4c(cc3Cl)NC(=O)CO4)ccc2c1=O. The summed E-state index contributed by atoms with van der Waals surface area (Å²) in [6.45, 7) is 0.829. The van der Waals surface area contributed by atoms with E-state index in [0.29, 0.717) is 53.2 Å². The number of fused-ring (bicyclic) bond motifs is 2. The number of nitrogens with zero attached hydrogens (tertiary/aromatic N) is 1. The molecule has 0 unspecified atom stereocenters. The largest absolute Gasteiger partial charge is 0.482 e. The third-order valence-corrected chi connectivity index (χ3v) is 5.56. The van der Waals surface area contributed by atoms with Crippen LogP contribution in [0.2, 0.25) is 5.02 Å². The average molecular weight is 475 g/mol. The van der Waals surface area contributed by atoms with E-state index in [1.165, 1.54) is 10.6 Å². The van der Waals surface area contributed by atoms with Gasteiger partial charge in [-0.1, -0.05) is 11.6 Å². The summed E-state index contributed by atoms with van der Waals surface area (Å²) in [6.07, 6.45) is 0.648. The Kier molecular flexibility index (Phi) is 6.26. The van der Waals surface area contributed by atoms with E-state index < -0.39 is 5.91 Å². The first-order valence-corrected chi connectivity index (χ1v) is 10.5. The van der Waals surface area contributed by atoms with Crippen LogP contribution in [0.3, 0.4) is 0 Å². The second-order valence-electron chi connectivity index (χ2n) is 7.11. The molecule has 0 aliphatic carbocycles. The van der Waals surface area contributed by atoms with E-state index in [0.717, 1.165) is 0 Å². The van der Waals surface area contributed by atoms with Crippen molar-refractivity contribution in [2.45, 2.75) is 13.0 Å². The molecule has 2 heterocycles. The van der Waals surface area contributed by atoms with Crippen molar-refractivity contribution < 1.29 is 19.1 Å². The Hall–Kier alpha value is -3.21. The van der Waals surface area contributed by atoms with Crippen LogP contribution < -0.4 is 20.9 Å². The molecule has 166 valence electrons. The fourth-order valence-corrected chi connectivity index (χ4v) is 3.85. The highest BCUT2D eigenvalue weighted by Crippen LogP contribution is 2.36. The van der Waals surface area contributed by atoms with Gasteiger partial charge in [-0.2, -0.15) is 0 Å². The van der Waals surface area contributed by atoms with Gasteiger partial charge in [-0.25, -0.2) is 0 Å². The molecular formula is C21H19ClN4O5S. The van der Waals surface area contributed by atoms with Gasteiger partial charge in [-0.05, 0) is 42.9 Å². The first kappa shape index (κ1) is 22.0. The maximum atomic E-state index is 12.8. The van der Waals surface area contributed by atoms with Gasteiger partial charge in [0, 0.05) is 31.9 Å². The van der Waals surface area contributed by atoms with Crippen molar-refractivity contribution in [3.63, 3.8) is 0 Å². The Bertz CT molecular complexity index is 1350. The molecule has 2 amide bonds. The molecule has 4 rings (SSSR count). The molecule has 0 saturated carbocycles. The minimum atomic E-state index is -0.433. The molecule has 1 aliphatic rings. The number of amides is 2. The molecule has 9 nitrogen and oxygen atoms in total. The molecule has 11 heteroatoms. The standard InChI is InChI=1S/C21H19ClN4O5S/c1-30-6-2-5-26-20(29)12-4-3-11(7-14(12)25-21(26)32)19(28)24-15-9-17-16(8-13(15)22)23-18(27)10-31-17/h3-4,7-9H,2,5-6,10H2,1H3,(H,23,27)(H,24,28)(H,25,32). The molecule has 3 N–H and O–H groups in total. The number of H-pyrrole nitrogens is 1. The van der Waals surface area contributed by atoms with Gasteiger partial charge in [0.25, 0.3) is 17.4 Å². The van der Waals surface area contributed by atoms with Gasteiger partial charge in [0.05, 0.1) is 27.3 Å². The lowest BCUT2D eigenvalue weighted by Gasteiger charge is -2.19. The number of ether oxygens (including phenoxy) is 2. The number of aromatic amines is 1. The molecule has 1 aromatic heterocycles. The highest BCUT2D eigenvalue weighted by atomic mass is 35.5. The summed E-state index contributed by atoms with van der Waals surface area (Å²) in [5, 5.41) is 6.04. The molecule has 2 aromatic carbocycles. The van der Waals surface area contributed by atoms with E-state index >= 15 is 0 Å². The van der Waals surface area contributed by atoms with Crippen molar-refractivity contribution in [3.05, 3.63) is 56.0 Å². The normalized spacial score (nSPS) is 12.8. The lowest BCUT2D eigenvalue weighted by Crippen LogP contribution is -2.25. The Morgan fingerprint density at radius 2 is 2.12 bits per heavy atom. The van der Waals surface area contributed by atoms with Crippen LogP contribution in [0.15, 0.2) is 35.1 Å². The molecule has 0 bridgehead atoms. The van der Waals surface area contributed by atoms with E-state index in [1.54, 1.807) is 31.4 Å². The lowest BCUT2D eigenvalue weighted by atomic mass is 10.1. The fourth-order valence-electron chi connectivity index (χ4n) is 3.36. The van der Waals surface area contributed by atoms with Crippen molar-refractivity contribution in [2.75, 3.05) is 31.0 Å². The first-order valence-electron chi connectivity index (χ1n) is 9.70. The molecule has 0 fully saturated rings. The van der Waals surface area contributed by atoms with Crippen LogP contribution in [0.4, 0.5) is 11.4 Å². The zero-order chi connectivity index (χ0) is 22.8. The van der Waals surface area contributed by atoms with E-state index in [2.05, 4.69) is 15.6 Å². The second kappa shape index (κ2) is 9.11. The second-order valence-corrected chi connectivity index (χ2v) is 7.91. The van der Waals surface area contributed by atoms with Crippen molar-refractivity contribution in [3.8, 4) is 5.75 Å². The van der Waals surface area contributed by atoms with E-state index in [-0.39, 0.29) is 27.9 Å². The predicted molar refractivity (Wildman–Crippen MR) is 123 cm³/mol. The maximum Gasteiger partial charge on any atom is 0.262 e. The Labute approximate surface area is 192 Å². The smallest absolute Gasteiger partial charge is 0.262 e. The number of hydrogen-bond acceptors (Lipinski definition) is 6. The topological polar surface area (TPSA) is 114 Å². The monoisotopic (exact) mass is 474 g/mol. The highest BCUT2D eigenvalue weighted by Gasteiger charge is 2.19. The van der Waals surface area contributed by atoms with E-state index in [9.17, 15) is 14.4 Å². The average Bonchev–Trinajstić information content (AvgIpc) is 2.76. The van der Waals surface area contributed by atoms with Crippen molar-refractivity contribution in [2.24, 2.45) is 0 Å². The number of anilines is 2. The molecule has 3 aromatic rings. The fraction of sp³-hybridized carbons (Fsp3) is 0.238. The summed E-state index contributed by atoms with van der Waals surface area (Å²) in [6, 6.07) is 7.75. The Morgan fingerprint density at radius 1 is 1.31 bits per heavy atom. The number of nitrogens with one attached hydrogen (secondary N) is 3. The first-order chi connectivity index (χ1) is 15.4. The van der Waals surface area contributed by atoms with Gasteiger partial charge in [0.2, 0.25) is 0 Å². The number of methoxy groups -OCH3 is 1. The van der Waals surface area contributed by atoms with Crippen molar-refractivity contribution in [1.82, 2.24) is 9.55 Å². The number of aromatic nitrogens is 2. The quantitative estimate of drug-likeness (QED) is 0.373. The van der Waals surface area contributed by atoms with Crippen molar-refractivity contribution >= 4 is 57.9 Å². The van der Waals surface area contributed by atoms with Crippen LogP contribution in [0, 0.1) is 4.77 Å². The molecule has 1 aliphatic heterocycles. The van der Waals surface area contributed by atoms with Gasteiger partial charge >= 0.3 is 0 Å². The lowest BCUT2D eigenvalue weighted by molar-refractivity contribution is -0.118. The summed E-state index contributed by atoms with van der Waals surface area (Å²) >= 11 is 11.6. The predicted octanol–water partition coefficient (Wildman–Crippen LogP) is 3.33. The van der Waals surface area contributed by atoms with Gasteiger partial charge in [-0.3, -0.25) is 19.0 Å². The third kappa shape index (κ3) is 4.38. The zero-order valence-electron chi connectivity index (χ0n) is 17.0. The Balaban J connectivity index is 1.61. The van der Waals surface area contributed by atoms with Crippen LogP contribution in [-0.4, -0.2) is 41.7 Å². The zero-order valence-corrected chi connectivity index (χ0v) is 18.6. The minimum absolute atomic E-state index is 0.116. The summed E-state index contributed by atoms with van der Waals surface area (Å²) in [5.74, 6) is -0.310. The van der Waals surface area contributed by atoms with Gasteiger partial charge < -0.3 is 25.1 Å². The number of hydrogen-bond donors (Lipinski definition) is 3. The molecule has 0 saturated heterocycles. The Morgan fingerprint density at radius 3 is 2.91 bits per heavy atom. The summed E-state index contributed by atoms with van der Waals surface area (Å²) in [4.78, 5) is 40.1. The molecule has 0 radical (unpaired) electrons. The van der Waals surface area contributed by atoms with Gasteiger partial charge in [0.15, 0.2) is 11.4 Å². The molecule has 0 atom stereocenters. The molecule has 0 spiro atoms.